The molecule has 0 bridgehead atoms. The molecule has 0 aromatic carbocycles. The molecule has 0 spiro atoms. The van der Waals surface area contributed by atoms with E-state index in [-0.39, 0.29) is 25.3 Å². The lowest BCUT2D eigenvalue weighted by atomic mass is 9.85. The van der Waals surface area contributed by atoms with Gasteiger partial charge in [0.25, 0.3) is 0 Å². The van der Waals surface area contributed by atoms with E-state index in [2.05, 4.69) is 25.8 Å². The van der Waals surface area contributed by atoms with Crippen LogP contribution in [-0.2, 0) is 19.2 Å². The maximum absolute atomic E-state index is 13.9. The molecule has 0 radical (unpaired) electrons. The zero-order valence-corrected chi connectivity index (χ0v) is 27.8. The Morgan fingerprint density at radius 3 is 2.39 bits per heavy atom. The lowest BCUT2D eigenvalue weighted by Crippen LogP contribution is -2.59. The van der Waals surface area contributed by atoms with E-state index in [1.54, 1.807) is 38.4 Å². The van der Waals surface area contributed by atoms with Crippen molar-refractivity contribution in [1.29, 1.82) is 0 Å². The molecular weight excluding hydrogens is 580 g/mol. The molecular formula is C32H46N6O5S. The number of aromatic nitrogens is 1. The third-order valence-corrected chi connectivity index (χ3v) is 8.72. The van der Waals surface area contributed by atoms with Crippen LogP contribution in [0.3, 0.4) is 0 Å². The predicted molar refractivity (Wildman–Crippen MR) is 170 cm³/mol. The number of carbonyl (C=O) groups excluding carboxylic acids is 4. The number of rotatable bonds is 10. The minimum absolute atomic E-state index is 0.0165. The quantitative estimate of drug-likeness (QED) is 0.232. The van der Waals surface area contributed by atoms with Gasteiger partial charge in [-0.2, -0.15) is 0 Å². The molecule has 4 N–H and O–H groups in total. The molecule has 3 rings (SSSR count). The molecule has 1 saturated heterocycles. The number of hydrogen-bond acceptors (Lipinski definition) is 7. The van der Waals surface area contributed by atoms with E-state index in [1.807, 2.05) is 40.7 Å². The minimum Gasteiger partial charge on any atom is -0.391 e. The van der Waals surface area contributed by atoms with Crippen LogP contribution in [0.1, 0.15) is 84.7 Å². The van der Waals surface area contributed by atoms with Crippen LogP contribution >= 0.6 is 11.3 Å². The van der Waals surface area contributed by atoms with E-state index in [1.165, 1.54) is 16.2 Å². The second-order valence-corrected chi connectivity index (χ2v) is 14.8. The van der Waals surface area contributed by atoms with Gasteiger partial charge in [0.15, 0.2) is 0 Å². The molecule has 44 heavy (non-hydrogen) atoms. The Hall–Kier alpha value is -3.56. The van der Waals surface area contributed by atoms with Crippen LogP contribution in [0.2, 0.25) is 0 Å². The molecule has 2 fully saturated rings. The van der Waals surface area contributed by atoms with Crippen molar-refractivity contribution in [1.82, 2.24) is 25.8 Å². The molecule has 1 aliphatic carbocycles. The molecule has 0 unspecified atom stereocenters. The van der Waals surface area contributed by atoms with Crippen molar-refractivity contribution in [2.45, 2.75) is 116 Å². The average molecular weight is 627 g/mol. The van der Waals surface area contributed by atoms with Gasteiger partial charge in [-0.3, -0.25) is 24.0 Å². The summed E-state index contributed by atoms with van der Waals surface area (Å²) in [4.78, 5) is 63.5. The summed E-state index contributed by atoms with van der Waals surface area (Å²) in [5.41, 5.74) is 1.36. The molecule has 12 heteroatoms. The molecule has 11 nitrogen and oxygen atoms in total. The van der Waals surface area contributed by atoms with Crippen molar-refractivity contribution in [3.63, 3.8) is 0 Å². The fourth-order valence-electron chi connectivity index (χ4n) is 5.10. The number of nitrogens with zero attached hydrogens (tertiary/aromatic N) is 3. The molecule has 2 aliphatic rings. The molecule has 1 aromatic heterocycles. The number of nitrogens with one attached hydrogen (secondary N) is 3. The van der Waals surface area contributed by atoms with Crippen molar-refractivity contribution >= 4 is 40.5 Å². The highest BCUT2D eigenvalue weighted by atomic mass is 32.1. The van der Waals surface area contributed by atoms with Crippen LogP contribution < -0.4 is 16.0 Å². The van der Waals surface area contributed by atoms with Gasteiger partial charge in [0, 0.05) is 31.3 Å². The average Bonchev–Trinajstić information content (AvgIpc) is 3.43. The smallest absolute Gasteiger partial charge is 0.309 e. The Morgan fingerprint density at radius 1 is 1.20 bits per heavy atom. The second kappa shape index (κ2) is 13.6. The van der Waals surface area contributed by atoms with Crippen LogP contribution in [0.15, 0.2) is 23.7 Å². The summed E-state index contributed by atoms with van der Waals surface area (Å²) < 4.78 is 0. The Kier molecular flexibility index (Phi) is 10.8. The van der Waals surface area contributed by atoms with Crippen molar-refractivity contribution in [3.05, 3.63) is 45.7 Å². The van der Waals surface area contributed by atoms with Gasteiger partial charge >= 0.3 is 11.4 Å². The van der Waals surface area contributed by atoms with Gasteiger partial charge in [-0.25, -0.2) is 11.6 Å². The first-order valence-electron chi connectivity index (χ1n) is 14.9. The van der Waals surface area contributed by atoms with Gasteiger partial charge in [-0.05, 0) is 45.6 Å². The zero-order chi connectivity index (χ0) is 33.0. The van der Waals surface area contributed by atoms with Gasteiger partial charge in [-0.15, -0.1) is 11.3 Å². The Morgan fingerprint density at radius 2 is 1.86 bits per heavy atom. The van der Waals surface area contributed by atoms with Crippen molar-refractivity contribution in [3.8, 4) is 0 Å². The van der Waals surface area contributed by atoms with E-state index < -0.39 is 58.4 Å². The van der Waals surface area contributed by atoms with E-state index >= 15 is 0 Å². The summed E-state index contributed by atoms with van der Waals surface area (Å²) in [7, 11) is 0. The molecule has 4 amide bonds. The molecule has 1 aromatic rings. The summed E-state index contributed by atoms with van der Waals surface area (Å²) in [6, 6.07) is -2.71. The number of amides is 4. The fourth-order valence-corrected chi connectivity index (χ4v) is 5.89. The summed E-state index contributed by atoms with van der Waals surface area (Å²) >= 11 is 1.53. The predicted octanol–water partition coefficient (Wildman–Crippen LogP) is 3.15. The Labute approximate surface area is 264 Å². The SMILES string of the molecule is [C-]#[N+]C1(C(=O)N[C@H](C(=O)N2C[C@H](O)C[C@H]2C(=O)N[C@H](/C=C/C=C(\C)c2scnc2C)CC(=O)NC(C)(C)C)C(C)(C)C)CC1. The first-order chi connectivity index (χ1) is 20.4. The Bertz CT molecular complexity index is 1360. The largest absolute Gasteiger partial charge is 0.391 e. The number of likely N-dealkylation sites (tertiary alicyclic amines) is 1. The number of aryl methyl sites for hydroxylation is 1. The minimum atomic E-state index is -1.14. The first kappa shape index (κ1) is 34.9. The number of allylic oxidation sites excluding steroid dienone is 3. The van der Waals surface area contributed by atoms with Crippen molar-refractivity contribution in [2.24, 2.45) is 5.41 Å². The summed E-state index contributed by atoms with van der Waals surface area (Å²) in [6.45, 7) is 22.2. The maximum atomic E-state index is 13.9. The molecule has 240 valence electrons. The zero-order valence-electron chi connectivity index (χ0n) is 27.0. The molecule has 1 aliphatic heterocycles. The Balaban J connectivity index is 1.82. The topological polar surface area (TPSA) is 145 Å². The van der Waals surface area contributed by atoms with E-state index in [4.69, 9.17) is 6.57 Å². The highest BCUT2D eigenvalue weighted by molar-refractivity contribution is 7.10. The molecule has 4 atom stereocenters. The third kappa shape index (κ3) is 8.99. The monoisotopic (exact) mass is 626 g/mol. The number of aliphatic hydroxyl groups excluding tert-OH is 1. The maximum Gasteiger partial charge on any atom is 0.309 e. The van der Waals surface area contributed by atoms with Crippen molar-refractivity contribution in [2.75, 3.05) is 6.54 Å². The summed E-state index contributed by atoms with van der Waals surface area (Å²) in [5.74, 6) is -1.76. The summed E-state index contributed by atoms with van der Waals surface area (Å²) in [5, 5.41) is 19.1. The lowest BCUT2D eigenvalue weighted by molar-refractivity contribution is -0.144. The molecule has 1 saturated carbocycles. The number of aliphatic hydroxyl groups is 1. The van der Waals surface area contributed by atoms with Gasteiger partial charge in [0.1, 0.15) is 12.1 Å². The van der Waals surface area contributed by atoms with Gasteiger partial charge in [0.05, 0.1) is 34.6 Å². The number of carbonyl (C=O) groups is 4. The third-order valence-electron chi connectivity index (χ3n) is 7.65. The van der Waals surface area contributed by atoms with E-state index in [9.17, 15) is 24.3 Å². The number of thiazole rings is 1. The number of β-amino-alcohol motifs (C(OH)–C–C–N with tert-alkyl or cyclic N) is 1. The van der Waals surface area contributed by atoms with Crippen LogP contribution in [0.4, 0.5) is 0 Å². The summed E-state index contributed by atoms with van der Waals surface area (Å²) in [6.07, 6.45) is 5.34. The van der Waals surface area contributed by atoms with Gasteiger partial charge in [0.2, 0.25) is 17.7 Å². The van der Waals surface area contributed by atoms with E-state index in [0.29, 0.717) is 12.8 Å². The van der Waals surface area contributed by atoms with Crippen molar-refractivity contribution < 1.29 is 24.3 Å². The highest BCUT2D eigenvalue weighted by Crippen LogP contribution is 2.40. The standard InChI is InChI=1S/C32H46N6O5S/c1-19(25-20(2)34-18-44-25)11-10-12-21(15-24(40)37-31(6,7)8)35-27(41)23-16-22(39)17-38(23)28(42)26(30(3,4)5)36-29(43)32(33-9)13-14-32/h10-12,18,21-23,26,39H,13-17H2,1-8H3,(H,35,41)(H,36,43)(H,37,40)/b12-10+,19-11+/t21-,22-,23+,26-/m1/s1. The van der Waals surface area contributed by atoms with Gasteiger partial charge < -0.3 is 26.0 Å². The van der Waals surface area contributed by atoms with Gasteiger partial charge in [-0.1, -0.05) is 39.0 Å². The van der Waals surface area contributed by atoms with Crippen LogP contribution in [-0.4, -0.2) is 80.5 Å². The highest BCUT2D eigenvalue weighted by Gasteiger charge is 2.59. The fraction of sp³-hybridized carbons (Fsp3) is 0.625. The second-order valence-electron chi connectivity index (χ2n) is 13.9. The van der Waals surface area contributed by atoms with Crippen LogP contribution in [0.25, 0.3) is 10.4 Å². The van der Waals surface area contributed by atoms with Crippen LogP contribution in [0, 0.1) is 18.9 Å². The first-order valence-corrected chi connectivity index (χ1v) is 15.8. The number of hydrogen-bond donors (Lipinski definition) is 4. The normalized spacial score (nSPS) is 21.4. The van der Waals surface area contributed by atoms with Crippen LogP contribution in [0.5, 0.6) is 0 Å². The lowest BCUT2D eigenvalue weighted by Gasteiger charge is -2.35. The molecule has 2 heterocycles. The van der Waals surface area contributed by atoms with E-state index in [0.717, 1.165) is 16.1 Å².